The van der Waals surface area contributed by atoms with Crippen molar-refractivity contribution in [2.45, 2.75) is 19.4 Å². The van der Waals surface area contributed by atoms with Crippen LogP contribution >= 0.6 is 11.6 Å². The molecule has 88 valence electrons. The van der Waals surface area contributed by atoms with E-state index in [1.807, 2.05) is 0 Å². The molecular formula is C12H16ClFN2. The van der Waals surface area contributed by atoms with Crippen LogP contribution in [0.3, 0.4) is 0 Å². The highest BCUT2D eigenvalue weighted by molar-refractivity contribution is 6.31. The molecule has 0 radical (unpaired) electrons. The van der Waals surface area contributed by atoms with Crippen LogP contribution in [0.5, 0.6) is 0 Å². The number of hydrogen-bond acceptors (Lipinski definition) is 2. The Morgan fingerprint density at radius 1 is 1.56 bits per heavy atom. The first-order chi connectivity index (χ1) is 7.72. The summed E-state index contributed by atoms with van der Waals surface area (Å²) in [6, 6.07) is 5.61. The first-order valence-corrected chi connectivity index (χ1v) is 6.02. The highest BCUT2D eigenvalue weighted by atomic mass is 35.5. The monoisotopic (exact) mass is 242 g/mol. The maximum atomic E-state index is 13.8. The second-order valence-corrected chi connectivity index (χ2v) is 4.49. The number of rotatable bonds is 2. The largest absolute Gasteiger partial charge is 0.366 e. The lowest BCUT2D eigenvalue weighted by molar-refractivity contribution is 0.443. The minimum Gasteiger partial charge on any atom is -0.366 e. The van der Waals surface area contributed by atoms with E-state index in [1.54, 1.807) is 18.2 Å². The van der Waals surface area contributed by atoms with E-state index in [0.29, 0.717) is 11.7 Å². The molecular weight excluding hydrogens is 227 g/mol. The lowest BCUT2D eigenvalue weighted by Crippen LogP contribution is -2.50. The molecule has 0 bridgehead atoms. The minimum atomic E-state index is -0.305. The summed E-state index contributed by atoms with van der Waals surface area (Å²) >= 11 is 5.79. The predicted molar refractivity (Wildman–Crippen MR) is 65.7 cm³/mol. The van der Waals surface area contributed by atoms with Gasteiger partial charge in [-0.25, -0.2) is 4.39 Å². The molecule has 1 unspecified atom stereocenters. The van der Waals surface area contributed by atoms with E-state index >= 15 is 0 Å². The fourth-order valence-corrected chi connectivity index (χ4v) is 2.22. The number of nitrogens with zero attached hydrogens (tertiary/aromatic N) is 1. The van der Waals surface area contributed by atoms with Crippen molar-refractivity contribution in [3.8, 4) is 0 Å². The Balaban J connectivity index is 2.20. The normalized spacial score (nSPS) is 21.2. The van der Waals surface area contributed by atoms with Crippen LogP contribution in [0.4, 0.5) is 10.1 Å². The Morgan fingerprint density at radius 2 is 2.38 bits per heavy atom. The van der Waals surface area contributed by atoms with Gasteiger partial charge in [-0.15, -0.1) is 0 Å². The Hall–Kier alpha value is -0.800. The molecule has 16 heavy (non-hydrogen) atoms. The molecule has 0 aliphatic carbocycles. The Bertz CT molecular complexity index is 370. The molecule has 0 spiro atoms. The van der Waals surface area contributed by atoms with Gasteiger partial charge in [0.05, 0.1) is 10.7 Å². The van der Waals surface area contributed by atoms with Gasteiger partial charge in [-0.1, -0.05) is 24.6 Å². The summed E-state index contributed by atoms with van der Waals surface area (Å²) in [4.78, 5) is 2.06. The zero-order chi connectivity index (χ0) is 11.5. The lowest BCUT2D eigenvalue weighted by Gasteiger charge is -2.35. The average molecular weight is 243 g/mol. The molecule has 4 heteroatoms. The maximum absolute atomic E-state index is 13.8. The Labute approximate surface area is 100 Å². The highest BCUT2D eigenvalue weighted by Gasteiger charge is 2.20. The molecule has 1 heterocycles. The number of hydrogen-bond donors (Lipinski definition) is 1. The summed E-state index contributed by atoms with van der Waals surface area (Å²) in [6.07, 6.45) is 1.05. The second kappa shape index (κ2) is 5.02. The van der Waals surface area contributed by atoms with Gasteiger partial charge in [0.2, 0.25) is 0 Å². The third kappa shape index (κ3) is 2.30. The topological polar surface area (TPSA) is 15.3 Å². The van der Waals surface area contributed by atoms with Crippen LogP contribution in [0, 0.1) is 5.82 Å². The number of piperazine rings is 1. The van der Waals surface area contributed by atoms with E-state index in [4.69, 9.17) is 11.6 Å². The van der Waals surface area contributed by atoms with Crippen molar-refractivity contribution in [2.24, 2.45) is 0 Å². The molecule has 1 atom stereocenters. The van der Waals surface area contributed by atoms with Gasteiger partial charge >= 0.3 is 0 Å². The Morgan fingerprint density at radius 3 is 3.12 bits per heavy atom. The van der Waals surface area contributed by atoms with Crippen molar-refractivity contribution in [1.29, 1.82) is 0 Å². The van der Waals surface area contributed by atoms with E-state index in [1.165, 1.54) is 0 Å². The quantitative estimate of drug-likeness (QED) is 0.858. The zero-order valence-corrected chi connectivity index (χ0v) is 10.1. The van der Waals surface area contributed by atoms with Crippen LogP contribution < -0.4 is 10.2 Å². The van der Waals surface area contributed by atoms with Crippen molar-refractivity contribution in [3.63, 3.8) is 0 Å². The number of anilines is 1. The van der Waals surface area contributed by atoms with Gasteiger partial charge in [-0.3, -0.25) is 0 Å². The maximum Gasteiger partial charge on any atom is 0.165 e. The molecule has 1 fully saturated rings. The van der Waals surface area contributed by atoms with Crippen LogP contribution in [0.15, 0.2) is 18.2 Å². The summed E-state index contributed by atoms with van der Waals surface area (Å²) in [6.45, 7) is 4.70. The van der Waals surface area contributed by atoms with E-state index in [-0.39, 0.29) is 10.8 Å². The van der Waals surface area contributed by atoms with Gasteiger partial charge in [0, 0.05) is 25.7 Å². The van der Waals surface area contributed by atoms with Crippen LogP contribution in [0.2, 0.25) is 5.02 Å². The van der Waals surface area contributed by atoms with Crippen molar-refractivity contribution >= 4 is 17.3 Å². The van der Waals surface area contributed by atoms with E-state index in [2.05, 4.69) is 17.1 Å². The molecule has 0 saturated carbocycles. The molecule has 1 N–H and O–H groups in total. The van der Waals surface area contributed by atoms with Crippen LogP contribution in [0.1, 0.15) is 13.3 Å². The third-order valence-corrected chi connectivity index (χ3v) is 3.31. The predicted octanol–water partition coefficient (Wildman–Crippen LogP) is 2.67. The summed E-state index contributed by atoms with van der Waals surface area (Å²) in [7, 11) is 0. The molecule has 1 aromatic rings. The van der Waals surface area contributed by atoms with Gasteiger partial charge in [-0.05, 0) is 18.6 Å². The lowest BCUT2D eigenvalue weighted by atomic mass is 10.1. The molecule has 1 aliphatic rings. The molecule has 1 saturated heterocycles. The first-order valence-electron chi connectivity index (χ1n) is 5.64. The van der Waals surface area contributed by atoms with Crippen LogP contribution in [-0.2, 0) is 0 Å². The van der Waals surface area contributed by atoms with Crippen LogP contribution in [0.25, 0.3) is 0 Å². The molecule has 1 aromatic carbocycles. The van der Waals surface area contributed by atoms with Gasteiger partial charge in [0.1, 0.15) is 0 Å². The summed E-state index contributed by atoms with van der Waals surface area (Å²) < 4.78 is 13.8. The summed E-state index contributed by atoms with van der Waals surface area (Å²) in [5.41, 5.74) is 0.618. The Kier molecular flexibility index (Phi) is 3.66. The molecule has 2 nitrogen and oxygen atoms in total. The van der Waals surface area contributed by atoms with Crippen molar-refractivity contribution in [3.05, 3.63) is 29.0 Å². The number of benzene rings is 1. The summed E-state index contributed by atoms with van der Waals surface area (Å²) in [5, 5.41) is 3.60. The SMILES string of the molecule is CCC1CN(c2cccc(Cl)c2F)CCN1. The van der Waals surface area contributed by atoms with Gasteiger partial charge in [-0.2, -0.15) is 0 Å². The molecule has 0 amide bonds. The van der Waals surface area contributed by atoms with E-state index in [0.717, 1.165) is 26.1 Å². The number of halogens is 2. The zero-order valence-electron chi connectivity index (χ0n) is 9.34. The average Bonchev–Trinajstić information content (AvgIpc) is 2.33. The van der Waals surface area contributed by atoms with Crippen molar-refractivity contribution in [1.82, 2.24) is 5.32 Å². The van der Waals surface area contributed by atoms with Gasteiger partial charge < -0.3 is 10.2 Å². The van der Waals surface area contributed by atoms with E-state index < -0.39 is 0 Å². The first kappa shape index (κ1) is 11.7. The molecule has 0 aromatic heterocycles. The number of nitrogens with one attached hydrogen (secondary N) is 1. The summed E-state index contributed by atoms with van der Waals surface area (Å²) in [5.74, 6) is -0.305. The van der Waals surface area contributed by atoms with Gasteiger partial charge in [0.25, 0.3) is 0 Å². The third-order valence-electron chi connectivity index (χ3n) is 3.02. The van der Waals surface area contributed by atoms with Crippen molar-refractivity contribution < 1.29 is 4.39 Å². The fourth-order valence-electron chi connectivity index (χ4n) is 2.05. The van der Waals surface area contributed by atoms with Gasteiger partial charge in [0.15, 0.2) is 5.82 Å². The fraction of sp³-hybridized carbons (Fsp3) is 0.500. The smallest absolute Gasteiger partial charge is 0.165 e. The highest BCUT2D eigenvalue weighted by Crippen LogP contribution is 2.26. The van der Waals surface area contributed by atoms with Crippen molar-refractivity contribution in [2.75, 3.05) is 24.5 Å². The minimum absolute atomic E-state index is 0.198. The standard InChI is InChI=1S/C12H16ClFN2/c1-2-9-8-16(7-6-15-9)11-5-3-4-10(13)12(11)14/h3-5,9,15H,2,6-8H2,1H3. The molecule has 2 rings (SSSR count). The van der Waals surface area contributed by atoms with Crippen LogP contribution in [-0.4, -0.2) is 25.7 Å². The molecule has 1 aliphatic heterocycles. The van der Waals surface area contributed by atoms with E-state index in [9.17, 15) is 4.39 Å². The second-order valence-electron chi connectivity index (χ2n) is 4.08.